The number of pyridine rings is 1. The first-order valence-electron chi connectivity index (χ1n) is 9.72. The topological polar surface area (TPSA) is 125 Å². The molecule has 0 unspecified atom stereocenters. The van der Waals surface area contributed by atoms with E-state index in [-0.39, 0.29) is 16.4 Å². The van der Waals surface area contributed by atoms with Crippen LogP contribution >= 0.6 is 0 Å². The van der Waals surface area contributed by atoms with Gasteiger partial charge in [-0.25, -0.2) is 23.4 Å². The first kappa shape index (κ1) is 22.1. The maximum Gasteiger partial charge on any atom is 0.263 e. The number of benzene rings is 2. The Morgan fingerprint density at radius 1 is 0.818 bits per heavy atom. The summed E-state index contributed by atoms with van der Waals surface area (Å²) in [6.07, 6.45) is 1.54. The molecular weight excluding hydrogens is 446 g/mol. The SMILES string of the molecule is COc1cc(Nc2cnc3ccc(NS(=O)(=O)c4ccccc4)nc3n2)cc(OC)c1OC. The van der Waals surface area contributed by atoms with Crippen LogP contribution in [0.5, 0.6) is 17.2 Å². The zero-order valence-electron chi connectivity index (χ0n) is 18.1. The molecule has 4 rings (SSSR count). The van der Waals surface area contributed by atoms with Crippen molar-refractivity contribution in [1.29, 1.82) is 0 Å². The van der Waals surface area contributed by atoms with Gasteiger partial charge in [0.05, 0.1) is 32.4 Å². The van der Waals surface area contributed by atoms with Crippen molar-refractivity contribution < 1.29 is 22.6 Å². The third-order valence-electron chi connectivity index (χ3n) is 4.64. The van der Waals surface area contributed by atoms with E-state index < -0.39 is 10.0 Å². The molecule has 2 aromatic carbocycles. The second kappa shape index (κ2) is 9.17. The molecule has 2 heterocycles. The van der Waals surface area contributed by atoms with Crippen molar-refractivity contribution >= 4 is 38.5 Å². The molecule has 0 spiro atoms. The van der Waals surface area contributed by atoms with Gasteiger partial charge in [-0.3, -0.25) is 4.72 Å². The average molecular weight is 468 g/mol. The summed E-state index contributed by atoms with van der Waals surface area (Å²) in [4.78, 5) is 13.2. The van der Waals surface area contributed by atoms with E-state index in [4.69, 9.17) is 14.2 Å². The summed E-state index contributed by atoms with van der Waals surface area (Å²) in [5.74, 6) is 1.94. The number of nitrogens with one attached hydrogen (secondary N) is 2. The Labute approximate surface area is 190 Å². The fraction of sp³-hybridized carbons (Fsp3) is 0.136. The highest BCUT2D eigenvalue weighted by molar-refractivity contribution is 7.92. The molecule has 170 valence electrons. The lowest BCUT2D eigenvalue weighted by Crippen LogP contribution is -2.14. The van der Waals surface area contributed by atoms with E-state index >= 15 is 0 Å². The first-order chi connectivity index (χ1) is 15.9. The summed E-state index contributed by atoms with van der Waals surface area (Å²) in [6.45, 7) is 0. The van der Waals surface area contributed by atoms with Gasteiger partial charge in [0.2, 0.25) is 5.75 Å². The normalized spacial score (nSPS) is 11.1. The number of ether oxygens (including phenoxy) is 3. The highest BCUT2D eigenvalue weighted by Crippen LogP contribution is 2.40. The molecule has 10 nitrogen and oxygen atoms in total. The van der Waals surface area contributed by atoms with E-state index in [1.54, 1.807) is 42.6 Å². The molecule has 0 aliphatic carbocycles. The number of sulfonamides is 1. The fourth-order valence-electron chi connectivity index (χ4n) is 3.11. The zero-order chi connectivity index (χ0) is 23.4. The molecule has 0 saturated heterocycles. The van der Waals surface area contributed by atoms with Gasteiger partial charge >= 0.3 is 0 Å². The molecule has 11 heteroatoms. The van der Waals surface area contributed by atoms with Crippen LogP contribution in [-0.2, 0) is 10.0 Å². The number of fused-ring (bicyclic) bond motifs is 1. The Bertz CT molecular complexity index is 1370. The number of anilines is 3. The van der Waals surface area contributed by atoms with Crippen molar-refractivity contribution in [1.82, 2.24) is 15.0 Å². The molecule has 0 saturated carbocycles. The lowest BCUT2D eigenvalue weighted by atomic mass is 10.2. The predicted octanol–water partition coefficient (Wildman–Crippen LogP) is 3.60. The molecule has 2 aromatic heterocycles. The van der Waals surface area contributed by atoms with Crippen LogP contribution in [0.15, 0.2) is 65.7 Å². The molecule has 0 aliphatic heterocycles. The van der Waals surface area contributed by atoms with Crippen LogP contribution < -0.4 is 24.2 Å². The number of aromatic nitrogens is 3. The van der Waals surface area contributed by atoms with E-state index in [0.717, 1.165) is 0 Å². The molecule has 33 heavy (non-hydrogen) atoms. The van der Waals surface area contributed by atoms with Crippen LogP contribution in [0.2, 0.25) is 0 Å². The summed E-state index contributed by atoms with van der Waals surface area (Å²) in [7, 11) is 0.800. The second-order valence-electron chi connectivity index (χ2n) is 6.75. The highest BCUT2D eigenvalue weighted by Gasteiger charge is 2.16. The maximum absolute atomic E-state index is 12.6. The average Bonchev–Trinajstić information content (AvgIpc) is 2.83. The summed E-state index contributed by atoms with van der Waals surface area (Å²) >= 11 is 0. The van der Waals surface area contributed by atoms with Gasteiger partial charge in [0.25, 0.3) is 10.0 Å². The van der Waals surface area contributed by atoms with Crippen LogP contribution in [0.25, 0.3) is 11.2 Å². The van der Waals surface area contributed by atoms with E-state index in [9.17, 15) is 8.42 Å². The highest BCUT2D eigenvalue weighted by atomic mass is 32.2. The Hall–Kier alpha value is -4.12. The van der Waals surface area contributed by atoms with Crippen LogP contribution in [0.1, 0.15) is 0 Å². The lowest BCUT2D eigenvalue weighted by Gasteiger charge is -2.15. The zero-order valence-corrected chi connectivity index (χ0v) is 18.9. The fourth-order valence-corrected chi connectivity index (χ4v) is 4.13. The van der Waals surface area contributed by atoms with Gasteiger partial charge in [-0.05, 0) is 24.3 Å². The van der Waals surface area contributed by atoms with Crippen molar-refractivity contribution in [3.05, 3.63) is 60.8 Å². The van der Waals surface area contributed by atoms with E-state index in [2.05, 4.69) is 25.0 Å². The van der Waals surface area contributed by atoms with Gasteiger partial charge in [-0.15, -0.1) is 0 Å². The summed E-state index contributed by atoms with van der Waals surface area (Å²) in [6, 6.07) is 14.7. The molecular formula is C22H21N5O5S. The molecule has 4 aromatic rings. The Balaban J connectivity index is 1.63. The van der Waals surface area contributed by atoms with E-state index in [0.29, 0.717) is 34.3 Å². The van der Waals surface area contributed by atoms with Gasteiger partial charge in [0, 0.05) is 17.8 Å². The minimum absolute atomic E-state index is 0.130. The van der Waals surface area contributed by atoms with E-state index in [1.807, 2.05) is 0 Å². The maximum atomic E-state index is 12.6. The first-order valence-corrected chi connectivity index (χ1v) is 11.2. The molecule has 0 atom stereocenters. The monoisotopic (exact) mass is 467 g/mol. The Morgan fingerprint density at radius 3 is 2.12 bits per heavy atom. The third-order valence-corrected chi connectivity index (χ3v) is 6.01. The quantitative estimate of drug-likeness (QED) is 0.400. The van der Waals surface area contributed by atoms with E-state index in [1.165, 1.54) is 39.5 Å². The molecule has 0 aliphatic rings. The van der Waals surface area contributed by atoms with Crippen LogP contribution in [0.4, 0.5) is 17.3 Å². The number of hydrogen-bond donors (Lipinski definition) is 2. The number of rotatable bonds is 8. The molecule has 0 bridgehead atoms. The van der Waals surface area contributed by atoms with Crippen molar-refractivity contribution in [3.8, 4) is 17.2 Å². The largest absolute Gasteiger partial charge is 0.493 e. The number of hydrogen-bond acceptors (Lipinski definition) is 9. The lowest BCUT2D eigenvalue weighted by molar-refractivity contribution is 0.324. The molecule has 2 N–H and O–H groups in total. The van der Waals surface area contributed by atoms with Gasteiger partial charge in [0.1, 0.15) is 11.3 Å². The predicted molar refractivity (Wildman–Crippen MR) is 124 cm³/mol. The number of methoxy groups -OCH3 is 3. The molecule has 0 fully saturated rings. The standard InChI is InChI=1S/C22H21N5O5S/c1-30-17-11-14(12-18(31-2)21(17)32-3)24-20-13-23-16-9-10-19(25-22(16)26-20)27-33(28,29)15-7-5-4-6-8-15/h4-13H,1-3H3,(H2,24,25,26,27). The Kier molecular flexibility index (Phi) is 6.13. The van der Waals surface area contributed by atoms with Crippen molar-refractivity contribution in [2.24, 2.45) is 0 Å². The summed E-state index contributed by atoms with van der Waals surface area (Å²) < 4.78 is 43.7. The summed E-state index contributed by atoms with van der Waals surface area (Å²) in [5, 5.41) is 3.12. The van der Waals surface area contributed by atoms with Crippen LogP contribution in [0, 0.1) is 0 Å². The minimum Gasteiger partial charge on any atom is -0.493 e. The number of nitrogens with zero attached hydrogens (tertiary/aromatic N) is 3. The third kappa shape index (κ3) is 4.72. The molecule has 0 amide bonds. The Morgan fingerprint density at radius 2 is 1.48 bits per heavy atom. The van der Waals surface area contributed by atoms with Gasteiger partial charge in [-0.1, -0.05) is 18.2 Å². The van der Waals surface area contributed by atoms with Gasteiger partial charge in [0.15, 0.2) is 23.0 Å². The smallest absolute Gasteiger partial charge is 0.263 e. The minimum atomic E-state index is -3.78. The van der Waals surface area contributed by atoms with Crippen LogP contribution in [-0.4, -0.2) is 44.7 Å². The van der Waals surface area contributed by atoms with Crippen molar-refractivity contribution in [2.45, 2.75) is 4.90 Å². The second-order valence-corrected chi connectivity index (χ2v) is 8.43. The van der Waals surface area contributed by atoms with Crippen molar-refractivity contribution in [2.75, 3.05) is 31.4 Å². The van der Waals surface area contributed by atoms with Crippen LogP contribution in [0.3, 0.4) is 0 Å². The van der Waals surface area contributed by atoms with Gasteiger partial charge < -0.3 is 19.5 Å². The van der Waals surface area contributed by atoms with Crippen molar-refractivity contribution in [3.63, 3.8) is 0 Å². The van der Waals surface area contributed by atoms with Gasteiger partial charge in [-0.2, -0.15) is 0 Å². The summed E-state index contributed by atoms with van der Waals surface area (Å²) in [5.41, 5.74) is 1.40. The molecule has 0 radical (unpaired) electrons.